The standard InChI is InChI=1S/2C9H12O2.2Na/c1-2-7-11-9-5-3-8(10)4-6-9;1-2-7-11-9-6-4-3-5-8(9)10;;/h2*3-6,10H,2,7H2,1H3;;/q;;2*+1/p-2. The van der Waals surface area contributed by atoms with E-state index >= 15 is 0 Å². The number of hydrogen-bond donors (Lipinski definition) is 0. The van der Waals surface area contributed by atoms with Crippen LogP contribution >= 0.6 is 0 Å². The second kappa shape index (κ2) is 16.1. The molecule has 120 valence electrons. The van der Waals surface area contributed by atoms with E-state index in [1.807, 2.05) is 13.8 Å². The van der Waals surface area contributed by atoms with Gasteiger partial charge in [0.25, 0.3) is 0 Å². The quantitative estimate of drug-likeness (QED) is 0.526. The number of para-hydroxylation sites is 2. The molecule has 0 atom stereocenters. The van der Waals surface area contributed by atoms with E-state index in [9.17, 15) is 10.2 Å². The topological polar surface area (TPSA) is 64.6 Å². The van der Waals surface area contributed by atoms with Crippen LogP contribution in [0.1, 0.15) is 26.7 Å². The monoisotopic (exact) mass is 348 g/mol. The molecule has 0 N–H and O–H groups in total. The normalized spacial score (nSPS) is 8.75. The summed E-state index contributed by atoms with van der Waals surface area (Å²) in [5.74, 6) is 1.20. The van der Waals surface area contributed by atoms with Crippen molar-refractivity contribution in [2.75, 3.05) is 13.2 Å². The molecule has 0 heterocycles. The predicted molar refractivity (Wildman–Crippen MR) is 83.3 cm³/mol. The first-order valence-corrected chi connectivity index (χ1v) is 7.46. The molecular formula is C18H22Na2O4. The maximum atomic E-state index is 11.0. The van der Waals surface area contributed by atoms with E-state index in [1.165, 1.54) is 18.2 Å². The van der Waals surface area contributed by atoms with Crippen molar-refractivity contribution in [1.29, 1.82) is 0 Å². The van der Waals surface area contributed by atoms with Crippen molar-refractivity contribution >= 4 is 0 Å². The number of benzene rings is 2. The Morgan fingerprint density at radius 2 is 1.29 bits per heavy atom. The van der Waals surface area contributed by atoms with Crippen LogP contribution in [-0.4, -0.2) is 13.2 Å². The Balaban J connectivity index is 0. The average molecular weight is 348 g/mol. The van der Waals surface area contributed by atoms with Gasteiger partial charge in [0.15, 0.2) is 0 Å². The van der Waals surface area contributed by atoms with Gasteiger partial charge in [-0.2, -0.15) is 0 Å². The van der Waals surface area contributed by atoms with Crippen LogP contribution < -0.4 is 78.8 Å². The van der Waals surface area contributed by atoms with Gasteiger partial charge in [-0.3, -0.25) is 0 Å². The molecule has 6 heteroatoms. The van der Waals surface area contributed by atoms with Gasteiger partial charge in [0, 0.05) is 0 Å². The second-order valence-electron chi connectivity index (χ2n) is 4.62. The maximum Gasteiger partial charge on any atom is 1.00 e. The van der Waals surface area contributed by atoms with E-state index in [-0.39, 0.29) is 70.6 Å². The molecule has 2 aromatic rings. The van der Waals surface area contributed by atoms with Crippen LogP contribution in [0.2, 0.25) is 0 Å². The Kier molecular flexibility index (Phi) is 17.4. The molecule has 0 radical (unpaired) electrons. The number of hydrogen-bond acceptors (Lipinski definition) is 4. The van der Waals surface area contributed by atoms with E-state index in [1.54, 1.807) is 30.3 Å². The molecule has 0 amide bonds. The fourth-order valence-electron chi connectivity index (χ4n) is 1.54. The van der Waals surface area contributed by atoms with Crippen molar-refractivity contribution in [3.63, 3.8) is 0 Å². The van der Waals surface area contributed by atoms with Gasteiger partial charge >= 0.3 is 59.1 Å². The smallest absolute Gasteiger partial charge is 0.872 e. The summed E-state index contributed by atoms with van der Waals surface area (Å²) < 4.78 is 10.4. The molecule has 24 heavy (non-hydrogen) atoms. The van der Waals surface area contributed by atoms with Crippen molar-refractivity contribution < 1.29 is 78.8 Å². The minimum absolute atomic E-state index is 0. The molecule has 0 saturated heterocycles. The van der Waals surface area contributed by atoms with Crippen LogP contribution in [0.5, 0.6) is 23.0 Å². The summed E-state index contributed by atoms with van der Waals surface area (Å²) in [6, 6.07) is 13.1. The van der Waals surface area contributed by atoms with Crippen LogP contribution in [0.3, 0.4) is 0 Å². The van der Waals surface area contributed by atoms with Crippen LogP contribution in [0.25, 0.3) is 0 Å². The first-order chi connectivity index (χ1) is 10.7. The first kappa shape index (κ1) is 25.9. The largest absolute Gasteiger partial charge is 1.00 e. The zero-order valence-electron chi connectivity index (χ0n) is 15.1. The molecule has 2 aromatic carbocycles. The van der Waals surface area contributed by atoms with Crippen LogP contribution in [0, 0.1) is 0 Å². The van der Waals surface area contributed by atoms with Crippen molar-refractivity contribution in [2.24, 2.45) is 0 Å². The minimum Gasteiger partial charge on any atom is -0.872 e. The van der Waals surface area contributed by atoms with Gasteiger partial charge in [0.1, 0.15) is 11.5 Å². The Bertz CT molecular complexity index is 533. The zero-order chi connectivity index (χ0) is 16.2. The van der Waals surface area contributed by atoms with E-state index < -0.39 is 0 Å². The molecule has 0 spiro atoms. The third-order valence-corrected chi connectivity index (χ3v) is 2.61. The molecule has 0 aliphatic heterocycles. The predicted octanol–water partition coefficient (Wildman–Crippen LogP) is -2.89. The maximum absolute atomic E-state index is 11.0. The van der Waals surface area contributed by atoms with E-state index in [4.69, 9.17) is 9.47 Å². The van der Waals surface area contributed by atoms with Crippen molar-refractivity contribution in [1.82, 2.24) is 0 Å². The third-order valence-electron chi connectivity index (χ3n) is 2.61. The fourth-order valence-corrected chi connectivity index (χ4v) is 1.54. The fraction of sp³-hybridized carbons (Fsp3) is 0.333. The second-order valence-corrected chi connectivity index (χ2v) is 4.62. The minimum atomic E-state index is -0.0408. The molecular weight excluding hydrogens is 326 g/mol. The van der Waals surface area contributed by atoms with E-state index in [0.717, 1.165) is 18.6 Å². The summed E-state index contributed by atoms with van der Waals surface area (Å²) in [4.78, 5) is 0. The average Bonchev–Trinajstić information content (AvgIpc) is 2.54. The molecule has 0 fully saturated rings. The Labute approximate surface area is 188 Å². The molecule has 0 aliphatic carbocycles. The molecule has 2 rings (SSSR count). The van der Waals surface area contributed by atoms with Crippen molar-refractivity contribution in [3.8, 4) is 23.0 Å². The summed E-state index contributed by atoms with van der Waals surface area (Å²) in [7, 11) is 0. The van der Waals surface area contributed by atoms with E-state index in [0.29, 0.717) is 19.0 Å². The molecule has 0 aromatic heterocycles. The zero-order valence-corrected chi connectivity index (χ0v) is 19.1. The third kappa shape index (κ3) is 11.2. The van der Waals surface area contributed by atoms with Gasteiger partial charge < -0.3 is 19.7 Å². The summed E-state index contributed by atoms with van der Waals surface area (Å²) in [6.45, 7) is 5.37. The van der Waals surface area contributed by atoms with Gasteiger partial charge in [-0.25, -0.2) is 0 Å². The summed E-state index contributed by atoms with van der Waals surface area (Å²) in [6.07, 6.45) is 1.91. The Hall–Kier alpha value is -0.360. The van der Waals surface area contributed by atoms with Crippen molar-refractivity contribution in [3.05, 3.63) is 48.5 Å². The summed E-state index contributed by atoms with van der Waals surface area (Å²) in [5, 5.41) is 21.6. The molecule has 0 aliphatic rings. The van der Waals surface area contributed by atoms with Crippen molar-refractivity contribution in [2.45, 2.75) is 26.7 Å². The summed E-state index contributed by atoms with van der Waals surface area (Å²) in [5.41, 5.74) is 0. The Morgan fingerprint density at radius 3 is 1.83 bits per heavy atom. The van der Waals surface area contributed by atoms with Gasteiger partial charge in [-0.05, 0) is 31.0 Å². The van der Waals surface area contributed by atoms with Crippen LogP contribution in [0.15, 0.2) is 48.5 Å². The SMILES string of the molecule is CCCOc1ccc([O-])cc1.CCCOc1ccccc1[O-].[Na+].[Na+]. The van der Waals surface area contributed by atoms with Crippen LogP contribution in [-0.2, 0) is 0 Å². The molecule has 0 bridgehead atoms. The number of rotatable bonds is 6. The number of ether oxygens (including phenoxy) is 2. The van der Waals surface area contributed by atoms with Gasteiger partial charge in [-0.1, -0.05) is 49.9 Å². The molecule has 0 unspecified atom stereocenters. The van der Waals surface area contributed by atoms with Gasteiger partial charge in [0.05, 0.1) is 13.2 Å². The first-order valence-electron chi connectivity index (χ1n) is 7.46. The Morgan fingerprint density at radius 1 is 0.750 bits per heavy atom. The summed E-state index contributed by atoms with van der Waals surface area (Å²) >= 11 is 0. The van der Waals surface area contributed by atoms with Gasteiger partial charge in [-0.15, -0.1) is 5.75 Å². The van der Waals surface area contributed by atoms with E-state index in [2.05, 4.69) is 0 Å². The van der Waals surface area contributed by atoms with Crippen LogP contribution in [0.4, 0.5) is 0 Å². The molecule has 4 nitrogen and oxygen atoms in total. The molecule has 0 saturated carbocycles. The van der Waals surface area contributed by atoms with Gasteiger partial charge in [0.2, 0.25) is 0 Å².